The third kappa shape index (κ3) is 9.27. The molecule has 240 valence electrons. The predicted octanol–water partition coefficient (Wildman–Crippen LogP) is 12.0. The summed E-state index contributed by atoms with van der Waals surface area (Å²) in [6, 6.07) is 6.84. The van der Waals surface area contributed by atoms with Crippen molar-refractivity contribution in [1.82, 2.24) is 0 Å². The Morgan fingerprint density at radius 1 is 0.744 bits per heavy atom. The Balaban J connectivity index is 1.29. The minimum absolute atomic E-state index is 0.0642. The largest absolute Gasteiger partial charge is 0.488 e. The van der Waals surface area contributed by atoms with Crippen LogP contribution in [0.25, 0.3) is 0 Å². The molecule has 0 saturated heterocycles. The SMILES string of the molecule is Cc1c(C)c2c(c(C)c1OCc1cccc3c1CCCCC3)CCC(C)(CCCC(C)CCCC(C)CCCC(C)C)O2. The molecule has 1 aliphatic heterocycles. The monoisotopic (exact) mass is 588 g/mol. The summed E-state index contributed by atoms with van der Waals surface area (Å²) < 4.78 is 13.6. The van der Waals surface area contributed by atoms with Crippen LogP contribution in [-0.2, 0) is 25.9 Å². The molecule has 0 fully saturated rings. The maximum atomic E-state index is 6.91. The normalized spacial score (nSPS) is 19.7. The highest BCUT2D eigenvalue weighted by atomic mass is 16.5. The molecule has 3 atom stereocenters. The van der Waals surface area contributed by atoms with E-state index in [-0.39, 0.29) is 5.60 Å². The Labute approximate surface area is 265 Å². The van der Waals surface area contributed by atoms with Crippen molar-refractivity contribution in [3.05, 3.63) is 57.1 Å². The van der Waals surface area contributed by atoms with Crippen molar-refractivity contribution in [3.8, 4) is 11.5 Å². The van der Waals surface area contributed by atoms with Gasteiger partial charge in [-0.25, -0.2) is 0 Å². The van der Waals surface area contributed by atoms with Crippen molar-refractivity contribution in [2.75, 3.05) is 0 Å². The zero-order valence-electron chi connectivity index (χ0n) is 29.3. The van der Waals surface area contributed by atoms with E-state index < -0.39 is 0 Å². The van der Waals surface area contributed by atoms with Gasteiger partial charge in [0.25, 0.3) is 0 Å². The van der Waals surface area contributed by atoms with Crippen molar-refractivity contribution < 1.29 is 9.47 Å². The maximum absolute atomic E-state index is 6.91. The molecule has 1 aliphatic carbocycles. The van der Waals surface area contributed by atoms with Gasteiger partial charge < -0.3 is 9.47 Å². The van der Waals surface area contributed by atoms with E-state index in [1.54, 1.807) is 5.56 Å². The predicted molar refractivity (Wildman–Crippen MR) is 185 cm³/mol. The minimum atomic E-state index is -0.0642. The van der Waals surface area contributed by atoms with Crippen LogP contribution in [0.4, 0.5) is 0 Å². The van der Waals surface area contributed by atoms with E-state index in [9.17, 15) is 0 Å². The van der Waals surface area contributed by atoms with Crippen LogP contribution < -0.4 is 9.47 Å². The Bertz CT molecular complexity index is 1180. The van der Waals surface area contributed by atoms with Gasteiger partial charge in [0.2, 0.25) is 0 Å². The lowest BCUT2D eigenvalue weighted by molar-refractivity contribution is 0.0511. The molecular weight excluding hydrogens is 524 g/mol. The van der Waals surface area contributed by atoms with Crippen molar-refractivity contribution >= 4 is 0 Å². The average Bonchev–Trinajstić information content (AvgIpc) is 3.22. The first-order valence-electron chi connectivity index (χ1n) is 18.1. The van der Waals surface area contributed by atoms with Gasteiger partial charge in [0, 0.05) is 5.56 Å². The molecule has 0 aromatic heterocycles. The summed E-state index contributed by atoms with van der Waals surface area (Å²) in [5.74, 6) is 4.77. The summed E-state index contributed by atoms with van der Waals surface area (Å²) in [6.07, 6.45) is 20.6. The van der Waals surface area contributed by atoms with E-state index in [0.29, 0.717) is 6.61 Å². The second-order valence-electron chi connectivity index (χ2n) is 15.3. The average molecular weight is 589 g/mol. The second-order valence-corrected chi connectivity index (χ2v) is 15.3. The zero-order chi connectivity index (χ0) is 31.0. The molecule has 0 N–H and O–H groups in total. The summed E-state index contributed by atoms with van der Waals surface area (Å²) in [6.45, 7) is 19.4. The molecule has 43 heavy (non-hydrogen) atoms. The molecule has 4 rings (SSSR count). The van der Waals surface area contributed by atoms with E-state index in [1.807, 2.05) is 0 Å². The smallest absolute Gasteiger partial charge is 0.127 e. The molecule has 2 heteroatoms. The number of benzene rings is 2. The van der Waals surface area contributed by atoms with Crippen LogP contribution in [0, 0.1) is 38.5 Å². The number of hydrogen-bond donors (Lipinski definition) is 0. The Kier molecular flexibility index (Phi) is 12.5. The van der Waals surface area contributed by atoms with E-state index in [0.717, 1.165) is 48.5 Å². The standard InChI is InChI=1S/C41H64O2/c1-29(2)16-12-17-30(3)18-13-19-31(4)20-15-26-41(8)27-25-37-34(7)39(32(5)33(6)40(37)43-41)42-28-36-23-14-22-35-21-10-9-11-24-38(35)36/h14,22-23,29-31H,9-13,15-21,24-28H2,1-8H3. The molecule has 2 aromatic rings. The van der Waals surface area contributed by atoms with Crippen LogP contribution in [0.15, 0.2) is 18.2 Å². The highest BCUT2D eigenvalue weighted by Gasteiger charge is 2.34. The molecule has 0 spiro atoms. The van der Waals surface area contributed by atoms with Gasteiger partial charge in [0.15, 0.2) is 0 Å². The number of fused-ring (bicyclic) bond motifs is 2. The molecule has 2 aromatic carbocycles. The van der Waals surface area contributed by atoms with E-state index in [1.165, 1.54) is 117 Å². The Morgan fingerprint density at radius 2 is 1.42 bits per heavy atom. The molecule has 0 bridgehead atoms. The Morgan fingerprint density at radius 3 is 2.14 bits per heavy atom. The zero-order valence-corrected chi connectivity index (χ0v) is 29.3. The van der Waals surface area contributed by atoms with E-state index in [2.05, 4.69) is 73.6 Å². The van der Waals surface area contributed by atoms with Crippen LogP contribution in [-0.4, -0.2) is 5.60 Å². The van der Waals surface area contributed by atoms with Gasteiger partial charge in [-0.2, -0.15) is 0 Å². The van der Waals surface area contributed by atoms with Crippen LogP contribution in [0.5, 0.6) is 11.5 Å². The molecule has 2 aliphatic rings. The highest BCUT2D eigenvalue weighted by molar-refractivity contribution is 5.59. The van der Waals surface area contributed by atoms with Gasteiger partial charge in [0.05, 0.1) is 0 Å². The van der Waals surface area contributed by atoms with Crippen molar-refractivity contribution in [3.63, 3.8) is 0 Å². The first kappa shape index (κ1) is 33.9. The number of aryl methyl sites for hydroxylation is 1. The third-order valence-corrected chi connectivity index (χ3v) is 11.0. The lowest BCUT2D eigenvalue weighted by atomic mass is 9.83. The van der Waals surface area contributed by atoms with Gasteiger partial charge in [-0.1, -0.05) is 97.3 Å². The fourth-order valence-corrected chi connectivity index (χ4v) is 7.80. The molecule has 0 radical (unpaired) electrons. The first-order chi connectivity index (χ1) is 20.6. The summed E-state index contributed by atoms with van der Waals surface area (Å²) >= 11 is 0. The van der Waals surface area contributed by atoms with Gasteiger partial charge in [-0.3, -0.25) is 0 Å². The van der Waals surface area contributed by atoms with Crippen molar-refractivity contribution in [2.45, 2.75) is 170 Å². The molecule has 0 amide bonds. The summed E-state index contributed by atoms with van der Waals surface area (Å²) in [5.41, 5.74) is 9.57. The van der Waals surface area contributed by atoms with Gasteiger partial charge in [-0.15, -0.1) is 0 Å². The van der Waals surface area contributed by atoms with Crippen molar-refractivity contribution in [1.29, 1.82) is 0 Å². The molecule has 1 heterocycles. The van der Waals surface area contributed by atoms with E-state index >= 15 is 0 Å². The van der Waals surface area contributed by atoms with Crippen LogP contribution in [0.1, 0.15) is 157 Å². The summed E-state index contributed by atoms with van der Waals surface area (Å²) in [4.78, 5) is 0. The minimum Gasteiger partial charge on any atom is -0.488 e. The molecular formula is C41H64O2. The Hall–Kier alpha value is -1.96. The number of hydrogen-bond acceptors (Lipinski definition) is 2. The van der Waals surface area contributed by atoms with Crippen LogP contribution in [0.2, 0.25) is 0 Å². The second kappa shape index (κ2) is 15.9. The van der Waals surface area contributed by atoms with Gasteiger partial charge in [-0.05, 0) is 130 Å². The highest BCUT2D eigenvalue weighted by Crippen LogP contribution is 2.45. The van der Waals surface area contributed by atoms with Gasteiger partial charge in [0.1, 0.15) is 23.7 Å². The quantitative estimate of drug-likeness (QED) is 0.193. The topological polar surface area (TPSA) is 18.5 Å². The molecule has 2 nitrogen and oxygen atoms in total. The summed E-state index contributed by atoms with van der Waals surface area (Å²) in [7, 11) is 0. The maximum Gasteiger partial charge on any atom is 0.127 e. The van der Waals surface area contributed by atoms with E-state index in [4.69, 9.17) is 9.47 Å². The number of ether oxygens (including phenoxy) is 2. The molecule has 0 saturated carbocycles. The fourth-order valence-electron chi connectivity index (χ4n) is 7.80. The van der Waals surface area contributed by atoms with Crippen LogP contribution >= 0.6 is 0 Å². The number of rotatable bonds is 15. The van der Waals surface area contributed by atoms with Crippen molar-refractivity contribution in [2.24, 2.45) is 17.8 Å². The lowest BCUT2D eigenvalue weighted by Gasteiger charge is -2.38. The third-order valence-electron chi connectivity index (χ3n) is 11.0. The van der Waals surface area contributed by atoms with Crippen LogP contribution in [0.3, 0.4) is 0 Å². The van der Waals surface area contributed by atoms with Gasteiger partial charge >= 0.3 is 0 Å². The molecule has 3 unspecified atom stereocenters. The first-order valence-corrected chi connectivity index (χ1v) is 18.1. The summed E-state index contributed by atoms with van der Waals surface area (Å²) in [5, 5.41) is 0. The lowest BCUT2D eigenvalue weighted by Crippen LogP contribution is -2.37. The fraction of sp³-hybridized carbons (Fsp3) is 0.707.